The summed E-state index contributed by atoms with van der Waals surface area (Å²) in [7, 11) is 0. The minimum absolute atomic E-state index is 0.730. The van der Waals surface area contributed by atoms with Gasteiger partial charge in [-0.3, -0.25) is 0 Å². The first-order valence-corrected chi connectivity index (χ1v) is 5.75. The SMILES string of the molecule is C1CCC2(CCNC1)CCS2. The van der Waals surface area contributed by atoms with Crippen LogP contribution in [-0.4, -0.2) is 23.6 Å². The van der Waals surface area contributed by atoms with Gasteiger partial charge >= 0.3 is 0 Å². The topological polar surface area (TPSA) is 12.0 Å². The molecule has 1 spiro atoms. The van der Waals surface area contributed by atoms with Crippen LogP contribution in [0.4, 0.5) is 0 Å². The monoisotopic (exact) mass is 171 g/mol. The fraction of sp³-hybridized carbons (Fsp3) is 1.00. The van der Waals surface area contributed by atoms with Gasteiger partial charge in [-0.1, -0.05) is 6.42 Å². The average Bonchev–Trinajstić information content (AvgIpc) is 1.82. The molecule has 2 aliphatic rings. The largest absolute Gasteiger partial charge is 0.317 e. The second kappa shape index (κ2) is 3.36. The van der Waals surface area contributed by atoms with Crippen molar-refractivity contribution in [2.75, 3.05) is 18.8 Å². The van der Waals surface area contributed by atoms with Crippen LogP contribution in [-0.2, 0) is 0 Å². The molecule has 2 heterocycles. The Bertz CT molecular complexity index is 122. The van der Waals surface area contributed by atoms with Gasteiger partial charge in [-0.05, 0) is 44.5 Å². The molecule has 11 heavy (non-hydrogen) atoms. The summed E-state index contributed by atoms with van der Waals surface area (Å²) in [6.07, 6.45) is 7.22. The molecule has 2 rings (SSSR count). The number of nitrogens with one attached hydrogen (secondary N) is 1. The Morgan fingerprint density at radius 2 is 1.91 bits per heavy atom. The van der Waals surface area contributed by atoms with E-state index in [0.29, 0.717) is 0 Å². The van der Waals surface area contributed by atoms with Crippen molar-refractivity contribution < 1.29 is 0 Å². The molecule has 0 aliphatic carbocycles. The van der Waals surface area contributed by atoms with Gasteiger partial charge in [0.25, 0.3) is 0 Å². The second-order valence-corrected chi connectivity index (χ2v) is 5.30. The molecule has 2 saturated heterocycles. The Labute approximate surface area is 73.3 Å². The Morgan fingerprint density at radius 3 is 2.64 bits per heavy atom. The van der Waals surface area contributed by atoms with Crippen LogP contribution >= 0.6 is 11.8 Å². The molecule has 0 aromatic carbocycles. The summed E-state index contributed by atoms with van der Waals surface area (Å²) < 4.78 is 0.730. The first-order valence-electron chi connectivity index (χ1n) is 4.76. The lowest BCUT2D eigenvalue weighted by Gasteiger charge is -2.42. The molecule has 1 atom stereocenters. The molecule has 1 unspecified atom stereocenters. The number of thioether (sulfide) groups is 1. The lowest BCUT2D eigenvalue weighted by Crippen LogP contribution is -2.39. The molecule has 2 fully saturated rings. The summed E-state index contributed by atoms with van der Waals surface area (Å²) in [5.41, 5.74) is 0. The normalized spacial score (nSPS) is 39.3. The van der Waals surface area contributed by atoms with Crippen LogP contribution in [0.15, 0.2) is 0 Å². The second-order valence-electron chi connectivity index (χ2n) is 3.74. The summed E-state index contributed by atoms with van der Waals surface area (Å²) in [6, 6.07) is 0. The molecule has 0 radical (unpaired) electrons. The van der Waals surface area contributed by atoms with Gasteiger partial charge in [-0.25, -0.2) is 0 Å². The van der Waals surface area contributed by atoms with Gasteiger partial charge in [-0.15, -0.1) is 0 Å². The highest BCUT2D eigenvalue weighted by molar-refractivity contribution is 8.02. The Morgan fingerprint density at radius 1 is 1.00 bits per heavy atom. The van der Waals surface area contributed by atoms with Crippen LogP contribution in [0.1, 0.15) is 32.1 Å². The van der Waals surface area contributed by atoms with Crippen molar-refractivity contribution in [3.05, 3.63) is 0 Å². The number of rotatable bonds is 0. The highest BCUT2D eigenvalue weighted by Crippen LogP contribution is 2.47. The van der Waals surface area contributed by atoms with Gasteiger partial charge in [0.2, 0.25) is 0 Å². The smallest absolute Gasteiger partial charge is 0.0180 e. The van der Waals surface area contributed by atoms with E-state index in [4.69, 9.17) is 0 Å². The number of hydrogen-bond donors (Lipinski definition) is 1. The van der Waals surface area contributed by atoms with E-state index < -0.39 is 0 Å². The third kappa shape index (κ3) is 1.73. The standard InChI is InChI=1S/C9H17NS/c1-2-6-10-7-4-9(3-1)5-8-11-9/h10H,1-8H2. The van der Waals surface area contributed by atoms with Gasteiger partial charge in [0, 0.05) is 4.75 Å². The van der Waals surface area contributed by atoms with Gasteiger partial charge in [-0.2, -0.15) is 11.8 Å². The summed E-state index contributed by atoms with van der Waals surface area (Å²) in [4.78, 5) is 0. The van der Waals surface area contributed by atoms with Gasteiger partial charge in [0.1, 0.15) is 0 Å². The maximum absolute atomic E-state index is 3.50. The number of hydrogen-bond acceptors (Lipinski definition) is 2. The third-order valence-corrected chi connectivity index (χ3v) is 4.59. The van der Waals surface area contributed by atoms with E-state index in [1.165, 1.54) is 50.9 Å². The van der Waals surface area contributed by atoms with Crippen LogP contribution in [0, 0.1) is 0 Å². The molecular formula is C9H17NS. The van der Waals surface area contributed by atoms with E-state index in [1.54, 1.807) is 0 Å². The maximum atomic E-state index is 3.50. The average molecular weight is 171 g/mol. The minimum atomic E-state index is 0.730. The van der Waals surface area contributed by atoms with Crippen molar-refractivity contribution in [1.82, 2.24) is 5.32 Å². The highest BCUT2D eigenvalue weighted by Gasteiger charge is 2.36. The van der Waals surface area contributed by atoms with Crippen LogP contribution in [0.25, 0.3) is 0 Å². The maximum Gasteiger partial charge on any atom is 0.0180 e. The van der Waals surface area contributed by atoms with Crippen LogP contribution < -0.4 is 5.32 Å². The molecule has 0 bridgehead atoms. The lowest BCUT2D eigenvalue weighted by molar-refractivity contribution is 0.400. The van der Waals surface area contributed by atoms with Crippen molar-refractivity contribution in [1.29, 1.82) is 0 Å². The molecule has 1 N–H and O–H groups in total. The molecule has 0 saturated carbocycles. The molecule has 2 aliphatic heterocycles. The Kier molecular flexibility index (Phi) is 2.42. The quantitative estimate of drug-likeness (QED) is 0.598. The third-order valence-electron chi connectivity index (χ3n) is 2.96. The lowest BCUT2D eigenvalue weighted by atomic mass is 9.92. The van der Waals surface area contributed by atoms with Crippen molar-refractivity contribution in [3.63, 3.8) is 0 Å². The first-order chi connectivity index (χ1) is 5.41. The van der Waals surface area contributed by atoms with E-state index >= 15 is 0 Å². The highest BCUT2D eigenvalue weighted by atomic mass is 32.2. The molecule has 1 nitrogen and oxygen atoms in total. The molecule has 0 aromatic rings. The van der Waals surface area contributed by atoms with E-state index in [2.05, 4.69) is 17.1 Å². The predicted molar refractivity (Wildman–Crippen MR) is 51.1 cm³/mol. The van der Waals surface area contributed by atoms with Crippen molar-refractivity contribution in [2.24, 2.45) is 0 Å². The molecule has 0 amide bonds. The zero-order valence-electron chi connectivity index (χ0n) is 7.07. The molecule has 0 aromatic heterocycles. The zero-order chi connectivity index (χ0) is 7.57. The summed E-state index contributed by atoms with van der Waals surface area (Å²) in [6.45, 7) is 2.51. The molecular weight excluding hydrogens is 154 g/mol. The summed E-state index contributed by atoms with van der Waals surface area (Å²) >= 11 is 2.21. The van der Waals surface area contributed by atoms with Crippen molar-refractivity contribution >= 4 is 11.8 Å². The first kappa shape index (κ1) is 7.93. The van der Waals surface area contributed by atoms with Crippen LogP contribution in [0.2, 0.25) is 0 Å². The fourth-order valence-electron chi connectivity index (χ4n) is 2.05. The van der Waals surface area contributed by atoms with Gasteiger partial charge < -0.3 is 5.32 Å². The zero-order valence-corrected chi connectivity index (χ0v) is 7.88. The summed E-state index contributed by atoms with van der Waals surface area (Å²) in [5, 5.41) is 3.50. The van der Waals surface area contributed by atoms with Gasteiger partial charge in [0.15, 0.2) is 0 Å². The molecule has 64 valence electrons. The van der Waals surface area contributed by atoms with E-state index in [1.807, 2.05) is 0 Å². The minimum Gasteiger partial charge on any atom is -0.317 e. The Hall–Kier alpha value is 0.310. The van der Waals surface area contributed by atoms with E-state index in [9.17, 15) is 0 Å². The van der Waals surface area contributed by atoms with E-state index in [-0.39, 0.29) is 0 Å². The van der Waals surface area contributed by atoms with Gasteiger partial charge in [0.05, 0.1) is 0 Å². The van der Waals surface area contributed by atoms with Crippen LogP contribution in [0.5, 0.6) is 0 Å². The molecule has 2 heteroatoms. The fourth-order valence-corrected chi connectivity index (χ4v) is 3.36. The Balaban J connectivity index is 1.86. The van der Waals surface area contributed by atoms with Crippen LogP contribution in [0.3, 0.4) is 0 Å². The van der Waals surface area contributed by atoms with Crippen molar-refractivity contribution in [3.8, 4) is 0 Å². The van der Waals surface area contributed by atoms with Crippen molar-refractivity contribution in [2.45, 2.75) is 36.9 Å². The summed E-state index contributed by atoms with van der Waals surface area (Å²) in [5.74, 6) is 1.42. The predicted octanol–water partition coefficient (Wildman–Crippen LogP) is 2.03. The van der Waals surface area contributed by atoms with E-state index in [0.717, 1.165) is 4.75 Å².